The maximum absolute atomic E-state index is 12.4. The number of benzene rings is 8. The molecule has 0 saturated carbocycles. The van der Waals surface area contributed by atoms with E-state index in [1.807, 2.05) is 100 Å². The van der Waals surface area contributed by atoms with Gasteiger partial charge in [0.05, 0.1) is 96.5 Å². The van der Waals surface area contributed by atoms with Crippen molar-refractivity contribution in [2.24, 2.45) is 39.7 Å². The molecule has 25 heteroatoms. The van der Waals surface area contributed by atoms with E-state index >= 15 is 0 Å². The van der Waals surface area contributed by atoms with Crippen LogP contribution in [0.4, 0.5) is 34.1 Å². The molecule has 0 aliphatic heterocycles. The van der Waals surface area contributed by atoms with Gasteiger partial charge in [0.1, 0.15) is 6.07 Å². The fourth-order valence-electron chi connectivity index (χ4n) is 14.6. The van der Waals surface area contributed by atoms with Gasteiger partial charge in [0.15, 0.2) is 0 Å². The number of nitrogens with two attached hydrogens (primary N) is 2. The Kier molecular flexibility index (Phi) is 20.2. The summed E-state index contributed by atoms with van der Waals surface area (Å²) < 4.78 is 8.39. The van der Waals surface area contributed by atoms with Gasteiger partial charge in [-0.15, -0.1) is 0 Å². The summed E-state index contributed by atoms with van der Waals surface area (Å²) in [4.78, 5) is 79.2. The van der Waals surface area contributed by atoms with Crippen molar-refractivity contribution in [1.82, 2.24) is 78.1 Å². The highest BCUT2D eigenvalue weighted by Crippen LogP contribution is 2.41. The first-order chi connectivity index (χ1) is 57.1. The predicted molar refractivity (Wildman–Crippen MR) is 462 cm³/mol. The highest BCUT2D eigenvalue weighted by molar-refractivity contribution is 6.32. The normalized spacial score (nSPS) is 11.1. The lowest BCUT2D eigenvalue weighted by Crippen LogP contribution is -2.22. The van der Waals surface area contributed by atoms with Crippen LogP contribution in [0.2, 0.25) is 5.02 Å². The Labute approximate surface area is 673 Å². The number of primary amides is 2. The molecule has 117 heavy (non-hydrogen) atoms. The molecule has 6 N–H and O–H groups in total. The molecule has 0 aliphatic rings. The summed E-state index contributed by atoms with van der Waals surface area (Å²) in [6.45, 7) is 0.446. The second-order valence-electron chi connectivity index (χ2n) is 27.8. The van der Waals surface area contributed by atoms with E-state index in [2.05, 4.69) is 210 Å². The highest BCUT2D eigenvalue weighted by Gasteiger charge is 2.23. The first kappa shape index (κ1) is 73.8. The third-order valence-corrected chi connectivity index (χ3v) is 20.6. The number of anilines is 6. The van der Waals surface area contributed by atoms with E-state index in [1.54, 1.807) is 111 Å². The Morgan fingerprint density at radius 2 is 0.795 bits per heavy atom. The van der Waals surface area contributed by atoms with Gasteiger partial charge in [-0.25, -0.2) is 0 Å². The van der Waals surface area contributed by atoms with E-state index in [1.165, 1.54) is 27.9 Å². The van der Waals surface area contributed by atoms with Gasteiger partial charge in [0.25, 0.3) is 11.8 Å². The van der Waals surface area contributed by atoms with Crippen molar-refractivity contribution in [3.8, 4) is 50.6 Å². The minimum absolute atomic E-state index is 0.371. The van der Waals surface area contributed by atoms with Gasteiger partial charge >= 0.3 is 0 Å². The molecule has 20 rings (SSSR count). The third kappa shape index (κ3) is 15.2. The van der Waals surface area contributed by atoms with E-state index in [0.29, 0.717) is 45.3 Å². The molecule has 12 aromatic heterocycles. The number of amides is 2. The Morgan fingerprint density at radius 3 is 1.25 bits per heavy atom. The predicted octanol–water partition coefficient (Wildman–Crippen LogP) is 18.3. The lowest BCUT2D eigenvalue weighted by atomic mass is 10.0. The molecule has 0 bridgehead atoms. The lowest BCUT2D eigenvalue weighted by molar-refractivity contribution is 0.0992. The maximum atomic E-state index is 12.4. The molecule has 0 spiro atoms. The van der Waals surface area contributed by atoms with E-state index in [4.69, 9.17) is 23.1 Å². The van der Waals surface area contributed by atoms with Crippen molar-refractivity contribution < 1.29 is 9.59 Å². The van der Waals surface area contributed by atoms with Crippen LogP contribution in [-0.4, -0.2) is 89.9 Å². The Balaban J connectivity index is 0.000000114. The molecule has 20 aromatic rings. The quantitative estimate of drug-likeness (QED) is 0.0786. The zero-order valence-electron chi connectivity index (χ0n) is 63.4. The molecule has 0 fully saturated rings. The molecule has 0 saturated heterocycles. The van der Waals surface area contributed by atoms with Crippen molar-refractivity contribution in [1.29, 1.82) is 5.26 Å². The van der Waals surface area contributed by atoms with Crippen molar-refractivity contribution in [3.63, 3.8) is 0 Å². The number of halogens is 1. The van der Waals surface area contributed by atoms with E-state index in [9.17, 15) is 14.9 Å². The van der Waals surface area contributed by atoms with Gasteiger partial charge in [-0.05, 0) is 171 Å². The monoisotopic (exact) mass is 1550 g/mol. The maximum Gasteiger partial charge on any atom is 0.250 e. The largest absolute Gasteiger partial charge is 0.366 e. The summed E-state index contributed by atoms with van der Waals surface area (Å²) in [6, 6.07) is 60.5. The number of nitriles is 1. The van der Waals surface area contributed by atoms with Crippen LogP contribution in [-0.2, 0) is 34.7 Å². The van der Waals surface area contributed by atoms with Crippen LogP contribution < -0.4 is 27.0 Å². The summed E-state index contributed by atoms with van der Waals surface area (Å²) in [5.41, 5.74) is 36.7. The number of rotatable bonds is 14. The van der Waals surface area contributed by atoms with Crippen LogP contribution in [0, 0.1) is 11.3 Å². The van der Waals surface area contributed by atoms with Gasteiger partial charge in [-0.2, -0.15) is 5.26 Å². The number of hydrogen-bond donors (Lipinski definition) is 4. The summed E-state index contributed by atoms with van der Waals surface area (Å²) >= 11 is 6.23. The van der Waals surface area contributed by atoms with Crippen LogP contribution in [0.15, 0.2) is 300 Å². The Hall–Kier alpha value is -16.0. The third-order valence-electron chi connectivity index (χ3n) is 20.4. The molecule has 0 radical (unpaired) electrons. The molecule has 0 unspecified atom stereocenters. The number of carbonyl (C=O) groups is 2. The molecule has 0 atom stereocenters. The van der Waals surface area contributed by atoms with Gasteiger partial charge in [-0.3, -0.25) is 69.4 Å². The number of nitrogens with zero attached hydrogens (tertiary/aromatic N) is 18. The van der Waals surface area contributed by atoms with Gasteiger partial charge in [0.2, 0.25) is 0 Å². The average molecular weight is 1550 g/mol. The molecule has 8 aromatic carbocycles. The van der Waals surface area contributed by atoms with Gasteiger partial charge in [-0.1, -0.05) is 66.2 Å². The smallest absolute Gasteiger partial charge is 0.250 e. The molecule has 2 amide bonds. The molecular formula is C92H69ClN22O2. The molecule has 0 aliphatic carbocycles. The number of nitrogens with one attached hydrogen (secondary N) is 2. The average Bonchev–Trinajstić information content (AvgIpc) is 1.74. The van der Waals surface area contributed by atoms with Gasteiger partial charge < -0.3 is 45.3 Å². The fraction of sp³-hybridized carbons (Fsp3) is 0.0543. The van der Waals surface area contributed by atoms with E-state index in [0.717, 1.165) is 133 Å². The number of fused-ring (bicyclic) bond motifs is 8. The minimum Gasteiger partial charge on any atom is -0.366 e. The van der Waals surface area contributed by atoms with Crippen molar-refractivity contribution in [2.75, 3.05) is 15.5 Å². The van der Waals surface area contributed by atoms with Crippen LogP contribution >= 0.6 is 11.6 Å². The second-order valence-corrected chi connectivity index (χ2v) is 28.2. The first-order valence-corrected chi connectivity index (χ1v) is 37.4. The summed E-state index contributed by atoms with van der Waals surface area (Å²) in [5.74, 6) is -1.04. The fourth-order valence-corrected chi connectivity index (χ4v) is 14.8. The van der Waals surface area contributed by atoms with Crippen LogP contribution in [0.25, 0.3) is 132 Å². The van der Waals surface area contributed by atoms with Crippen molar-refractivity contribution >= 4 is 145 Å². The zero-order valence-corrected chi connectivity index (χ0v) is 64.2. The number of hydrogen-bond acceptors (Lipinski definition) is 18. The highest BCUT2D eigenvalue weighted by atomic mass is 35.5. The van der Waals surface area contributed by atoms with Crippen molar-refractivity contribution in [3.05, 3.63) is 327 Å². The molecule has 566 valence electrons. The molecular weight excluding hydrogens is 1480 g/mol. The summed E-state index contributed by atoms with van der Waals surface area (Å²) in [7, 11) is 8.13. The van der Waals surface area contributed by atoms with Crippen LogP contribution in [0.5, 0.6) is 0 Å². The number of pyridine rings is 4. The lowest BCUT2D eigenvalue weighted by Gasteiger charge is -2.27. The van der Waals surface area contributed by atoms with Gasteiger partial charge in [0, 0.05) is 206 Å². The summed E-state index contributed by atoms with van der Waals surface area (Å²) in [5, 5.41) is 21.4. The topological polar surface area (TPSA) is 312 Å². The molecule has 12 heterocycles. The number of carbonyl (C=O) groups excluding carboxylic acids is 2. The van der Waals surface area contributed by atoms with E-state index in [-0.39, 0.29) is 0 Å². The van der Waals surface area contributed by atoms with E-state index < -0.39 is 11.8 Å². The van der Waals surface area contributed by atoms with Crippen molar-refractivity contribution in [2.45, 2.75) is 6.54 Å². The van der Waals surface area contributed by atoms with Crippen LogP contribution in [0.3, 0.4) is 0 Å². The minimum atomic E-state index is -0.524. The first-order valence-electron chi connectivity index (χ1n) is 37.0. The Bertz CT molecular complexity index is 7270. The summed E-state index contributed by atoms with van der Waals surface area (Å²) in [6.07, 6.45) is 34.8. The van der Waals surface area contributed by atoms with Crippen LogP contribution in [0.1, 0.15) is 31.8 Å². The number of aryl methyl sites for hydroxylation is 4. The molecule has 24 nitrogen and oxygen atoms in total. The zero-order chi connectivity index (χ0) is 80.2. The standard InChI is InChI=1S/C29H23N7O.C23H18N6O.C23H16N6.C17H12ClN3/c1-35-12-7-20-4-5-21(13-26(20)35)24-14-22(15-25-28(24)34-11-10-33-25)36(18-19-3-2-8-31-16-19)27-17-32-9-6-23(27)29(30)37;1-29-9-5-14-2-3-15(10-21(14)29)18-11-16(12-19-22(18)27-8-7-26-19)28-20-13-25-6-4-17(20)23(24)30;1-29-9-5-15-2-3-16(10-22(15)29)19-11-18(12-20-23(19)27-8-7-26-20)28-21-14-25-6-4-17(21)13-24;1-21-7-4-11-2-3-12(8-16(11)21)14-9-13(18)10-15-17(14)20-6-5-19-15/h2-17H,18H2,1H3,(H2,30,37);2-13,28H,1H3,(H2,24,30);2-12,14,28H,1H3;2-10H,1H3. The second kappa shape index (κ2) is 32.0. The Morgan fingerprint density at radius 1 is 0.402 bits per heavy atom. The number of aromatic nitrogens is 16. The SMILES string of the molecule is Cn1ccc2ccc(-c3cc(Cl)cc4nccnc34)cc21.Cn1ccc2ccc(-c3cc(N(Cc4cccnc4)c4cnccc4C(N)=O)cc4nccnc34)cc21.Cn1ccc2ccc(-c3cc(Nc4cnccc4C#N)cc4nccnc34)cc21.Cn1ccc2ccc(-c3cc(Nc4cnccc4C(N)=O)cc4nccnc34)cc21.